The van der Waals surface area contributed by atoms with E-state index in [0.717, 1.165) is 11.1 Å². The molecule has 1 aromatic carbocycles. The fraction of sp³-hybridized carbons (Fsp3) is 0.667. The summed E-state index contributed by atoms with van der Waals surface area (Å²) in [6.45, 7) is 7.51. The standard InChI is InChI=1S/C24H36N2O7S2/c1-5-19(4)26(21-10-13-34(29,30)16-21)23(27)15-33-24(28)20-8-11-25(12-9-20)35(31,32)22-7-6-17(2)18(3)14-22/h6-7,14,19-21H,5,8-13,15-16H2,1-4H3/t19-,21+/m1/s1. The molecule has 2 aliphatic rings. The first-order valence-electron chi connectivity index (χ1n) is 12.1. The van der Waals surface area contributed by atoms with Crippen LogP contribution in [0, 0.1) is 19.8 Å². The van der Waals surface area contributed by atoms with Crippen molar-refractivity contribution in [3.8, 4) is 0 Å². The minimum Gasteiger partial charge on any atom is -0.455 e. The molecule has 2 fully saturated rings. The van der Waals surface area contributed by atoms with E-state index in [2.05, 4.69) is 0 Å². The first-order chi connectivity index (χ1) is 16.4. The van der Waals surface area contributed by atoms with Gasteiger partial charge in [0.25, 0.3) is 5.91 Å². The summed E-state index contributed by atoms with van der Waals surface area (Å²) in [7, 11) is -6.81. The molecule has 2 aliphatic heterocycles. The Morgan fingerprint density at radius 3 is 2.34 bits per heavy atom. The molecule has 2 saturated heterocycles. The van der Waals surface area contributed by atoms with Crippen molar-refractivity contribution in [2.45, 2.75) is 70.4 Å². The average Bonchev–Trinajstić information content (AvgIpc) is 3.18. The lowest BCUT2D eigenvalue weighted by Crippen LogP contribution is -2.48. The van der Waals surface area contributed by atoms with Gasteiger partial charge in [-0.15, -0.1) is 0 Å². The van der Waals surface area contributed by atoms with Gasteiger partial charge in [-0.25, -0.2) is 16.8 Å². The van der Waals surface area contributed by atoms with Gasteiger partial charge in [-0.1, -0.05) is 13.0 Å². The van der Waals surface area contributed by atoms with Gasteiger partial charge in [-0.3, -0.25) is 9.59 Å². The van der Waals surface area contributed by atoms with Gasteiger partial charge in [-0.2, -0.15) is 4.31 Å². The Balaban J connectivity index is 1.55. The van der Waals surface area contributed by atoms with Gasteiger partial charge in [0.1, 0.15) is 0 Å². The molecule has 9 nitrogen and oxygen atoms in total. The average molecular weight is 529 g/mol. The van der Waals surface area contributed by atoms with Crippen molar-refractivity contribution in [2.24, 2.45) is 5.92 Å². The Morgan fingerprint density at radius 1 is 1.14 bits per heavy atom. The van der Waals surface area contributed by atoms with Crippen LogP contribution in [0.25, 0.3) is 0 Å². The quantitative estimate of drug-likeness (QED) is 0.474. The molecular weight excluding hydrogens is 492 g/mol. The summed E-state index contributed by atoms with van der Waals surface area (Å²) < 4.78 is 56.5. The maximum Gasteiger partial charge on any atom is 0.309 e. The molecule has 0 N–H and O–H groups in total. The number of sulfonamides is 1. The summed E-state index contributed by atoms with van der Waals surface area (Å²) >= 11 is 0. The number of esters is 1. The van der Waals surface area contributed by atoms with Crippen molar-refractivity contribution in [2.75, 3.05) is 31.2 Å². The van der Waals surface area contributed by atoms with E-state index in [1.807, 2.05) is 27.7 Å². The number of rotatable bonds is 8. The molecule has 1 amide bonds. The molecule has 35 heavy (non-hydrogen) atoms. The zero-order chi connectivity index (χ0) is 26.0. The predicted octanol–water partition coefficient (Wildman–Crippen LogP) is 2.06. The normalized spacial score (nSPS) is 22.0. The van der Waals surface area contributed by atoms with Crippen molar-refractivity contribution in [1.82, 2.24) is 9.21 Å². The van der Waals surface area contributed by atoms with E-state index in [4.69, 9.17) is 4.74 Å². The molecule has 2 heterocycles. The SMILES string of the molecule is CC[C@@H](C)N(C(=O)COC(=O)C1CCN(S(=O)(=O)c2ccc(C)c(C)c2)CC1)[C@H]1CCS(=O)(=O)C1. The fourth-order valence-electron chi connectivity index (χ4n) is 4.68. The third-order valence-corrected chi connectivity index (χ3v) is 10.8. The van der Waals surface area contributed by atoms with E-state index >= 15 is 0 Å². The molecule has 0 aromatic heterocycles. The molecule has 3 rings (SSSR count). The van der Waals surface area contributed by atoms with E-state index in [1.165, 1.54) is 4.31 Å². The lowest BCUT2D eigenvalue weighted by atomic mass is 9.98. The highest BCUT2D eigenvalue weighted by Gasteiger charge is 2.38. The Kier molecular flexibility index (Phi) is 8.64. The van der Waals surface area contributed by atoms with Crippen LogP contribution >= 0.6 is 0 Å². The van der Waals surface area contributed by atoms with Gasteiger partial charge in [0.2, 0.25) is 10.0 Å². The molecule has 0 bridgehead atoms. The summed E-state index contributed by atoms with van der Waals surface area (Å²) in [6, 6.07) is 4.48. The van der Waals surface area contributed by atoms with Crippen LogP contribution in [0.4, 0.5) is 0 Å². The number of nitrogens with zero attached hydrogens (tertiary/aromatic N) is 2. The van der Waals surface area contributed by atoms with Crippen LogP contribution in [-0.4, -0.2) is 81.2 Å². The number of piperidine rings is 1. The fourth-order valence-corrected chi connectivity index (χ4v) is 7.95. The third kappa shape index (κ3) is 6.42. The van der Waals surface area contributed by atoms with Gasteiger partial charge in [0.15, 0.2) is 16.4 Å². The molecule has 0 saturated carbocycles. The summed E-state index contributed by atoms with van der Waals surface area (Å²) in [4.78, 5) is 27.3. The maximum atomic E-state index is 13.0. The highest BCUT2D eigenvalue weighted by Crippen LogP contribution is 2.26. The highest BCUT2D eigenvalue weighted by molar-refractivity contribution is 7.91. The zero-order valence-electron chi connectivity index (χ0n) is 20.9. The van der Waals surface area contributed by atoms with E-state index in [9.17, 15) is 26.4 Å². The second-order valence-electron chi connectivity index (χ2n) is 9.65. The molecule has 0 aliphatic carbocycles. The second kappa shape index (κ2) is 11.0. The Bertz CT molecular complexity index is 1160. The molecule has 196 valence electrons. The topological polar surface area (TPSA) is 118 Å². The molecule has 0 unspecified atom stereocenters. The van der Waals surface area contributed by atoms with E-state index in [1.54, 1.807) is 23.1 Å². The summed E-state index contributed by atoms with van der Waals surface area (Å²) in [5.41, 5.74) is 1.91. The van der Waals surface area contributed by atoms with Gasteiger partial charge < -0.3 is 9.64 Å². The number of carbonyl (C=O) groups excluding carboxylic acids is 2. The van der Waals surface area contributed by atoms with E-state index < -0.39 is 50.3 Å². The summed E-state index contributed by atoms with van der Waals surface area (Å²) in [5.74, 6) is -1.42. The van der Waals surface area contributed by atoms with Crippen LogP contribution < -0.4 is 0 Å². The number of amides is 1. The van der Waals surface area contributed by atoms with Gasteiger partial charge in [0.05, 0.1) is 22.3 Å². The van der Waals surface area contributed by atoms with Crippen molar-refractivity contribution in [3.05, 3.63) is 29.3 Å². The number of ether oxygens (including phenoxy) is 1. The number of hydrogen-bond acceptors (Lipinski definition) is 7. The molecule has 0 spiro atoms. The second-order valence-corrected chi connectivity index (χ2v) is 13.8. The lowest BCUT2D eigenvalue weighted by Gasteiger charge is -2.34. The minimum atomic E-state index is -3.65. The van der Waals surface area contributed by atoms with Crippen molar-refractivity contribution in [1.29, 1.82) is 0 Å². The maximum absolute atomic E-state index is 13.0. The number of benzene rings is 1. The summed E-state index contributed by atoms with van der Waals surface area (Å²) in [5, 5.41) is 0. The molecule has 2 atom stereocenters. The first kappa shape index (κ1) is 27.6. The monoisotopic (exact) mass is 528 g/mol. The first-order valence-corrected chi connectivity index (χ1v) is 15.4. The summed E-state index contributed by atoms with van der Waals surface area (Å²) in [6.07, 6.45) is 1.67. The predicted molar refractivity (Wildman–Crippen MR) is 132 cm³/mol. The zero-order valence-corrected chi connectivity index (χ0v) is 22.5. The largest absolute Gasteiger partial charge is 0.455 e. The number of aryl methyl sites for hydroxylation is 2. The minimum absolute atomic E-state index is 0.0569. The van der Waals surface area contributed by atoms with Crippen LogP contribution in [0.5, 0.6) is 0 Å². The third-order valence-electron chi connectivity index (χ3n) is 7.20. The molecule has 11 heteroatoms. The van der Waals surface area contributed by atoms with Crippen LogP contribution in [-0.2, 0) is 34.2 Å². The van der Waals surface area contributed by atoms with Gasteiger partial charge >= 0.3 is 5.97 Å². The van der Waals surface area contributed by atoms with Gasteiger partial charge in [-0.05, 0) is 69.7 Å². The number of hydrogen-bond donors (Lipinski definition) is 0. The highest BCUT2D eigenvalue weighted by atomic mass is 32.2. The Labute approximate surface area is 208 Å². The van der Waals surface area contributed by atoms with E-state index in [0.29, 0.717) is 25.7 Å². The van der Waals surface area contributed by atoms with Gasteiger partial charge in [0, 0.05) is 25.2 Å². The van der Waals surface area contributed by atoms with Crippen molar-refractivity contribution >= 4 is 31.7 Å². The van der Waals surface area contributed by atoms with Crippen molar-refractivity contribution < 1.29 is 31.2 Å². The van der Waals surface area contributed by atoms with E-state index in [-0.39, 0.29) is 35.5 Å². The molecule has 0 radical (unpaired) electrons. The smallest absolute Gasteiger partial charge is 0.309 e. The van der Waals surface area contributed by atoms with Crippen LogP contribution in [0.3, 0.4) is 0 Å². The number of sulfone groups is 1. The molecular formula is C24H36N2O7S2. The Morgan fingerprint density at radius 2 is 1.80 bits per heavy atom. The molecule has 1 aromatic rings. The Hall–Kier alpha value is -1.98. The van der Waals surface area contributed by atoms with Crippen LogP contribution in [0.2, 0.25) is 0 Å². The number of carbonyl (C=O) groups is 2. The lowest BCUT2D eigenvalue weighted by molar-refractivity contribution is -0.158. The van der Waals surface area contributed by atoms with Crippen LogP contribution in [0.15, 0.2) is 23.1 Å². The van der Waals surface area contributed by atoms with Crippen molar-refractivity contribution in [3.63, 3.8) is 0 Å². The van der Waals surface area contributed by atoms with Crippen LogP contribution in [0.1, 0.15) is 50.7 Å².